The number of rotatable bonds is 6. The lowest BCUT2D eigenvalue weighted by atomic mass is 9.82. The summed E-state index contributed by atoms with van der Waals surface area (Å²) in [5.74, 6) is -1.61. The third-order valence-corrected chi connectivity index (χ3v) is 5.63. The van der Waals surface area contributed by atoms with Crippen molar-refractivity contribution in [3.05, 3.63) is 35.4 Å². The van der Waals surface area contributed by atoms with Crippen molar-refractivity contribution in [2.75, 3.05) is 6.54 Å². The smallest absolute Gasteiger partial charge is 0.306 e. The van der Waals surface area contributed by atoms with Gasteiger partial charge in [0.05, 0.1) is 12.3 Å². The van der Waals surface area contributed by atoms with Crippen LogP contribution in [0.15, 0.2) is 24.3 Å². The zero-order chi connectivity index (χ0) is 18.9. The van der Waals surface area contributed by atoms with Crippen LogP contribution in [0.2, 0.25) is 0 Å². The molecule has 3 unspecified atom stereocenters. The van der Waals surface area contributed by atoms with Crippen molar-refractivity contribution in [3.8, 4) is 0 Å². The van der Waals surface area contributed by atoms with E-state index in [4.69, 9.17) is 10.8 Å². The van der Waals surface area contributed by atoms with Crippen LogP contribution in [-0.2, 0) is 9.59 Å². The molecule has 26 heavy (non-hydrogen) atoms. The molecule has 4 N–H and O–H groups in total. The van der Waals surface area contributed by atoms with Crippen molar-refractivity contribution in [2.45, 2.75) is 69.6 Å². The number of hydrogen-bond donors (Lipinski definition) is 3. The first-order chi connectivity index (χ1) is 12.5. The van der Waals surface area contributed by atoms with Gasteiger partial charge < -0.3 is 15.9 Å². The quantitative estimate of drug-likeness (QED) is 0.707. The van der Waals surface area contributed by atoms with Gasteiger partial charge in [-0.15, -0.1) is 0 Å². The Balaban J connectivity index is 2.16. The Morgan fingerprint density at radius 2 is 1.77 bits per heavy atom. The van der Waals surface area contributed by atoms with Crippen molar-refractivity contribution in [1.82, 2.24) is 0 Å². The zero-order valence-electron chi connectivity index (χ0n) is 15.4. The summed E-state index contributed by atoms with van der Waals surface area (Å²) in [6.07, 6.45) is 7.85. The second kappa shape index (κ2) is 10.3. The van der Waals surface area contributed by atoms with Gasteiger partial charge in [0.2, 0.25) is 0 Å². The monoisotopic (exact) mass is 361 g/mol. The molecule has 0 saturated heterocycles. The minimum Gasteiger partial charge on any atom is -0.481 e. The number of hydrogen-bond acceptors (Lipinski definition) is 3. The Kier molecular flexibility index (Phi) is 8.10. The van der Waals surface area contributed by atoms with E-state index in [0.717, 1.165) is 50.5 Å². The third kappa shape index (κ3) is 6.13. The van der Waals surface area contributed by atoms with Crippen LogP contribution in [0.1, 0.15) is 80.8 Å². The van der Waals surface area contributed by atoms with E-state index in [1.807, 2.05) is 12.1 Å². The van der Waals surface area contributed by atoms with Crippen LogP contribution in [0, 0.1) is 5.92 Å². The summed E-state index contributed by atoms with van der Waals surface area (Å²) < 4.78 is 0. The van der Waals surface area contributed by atoms with Crippen LogP contribution < -0.4 is 5.73 Å². The average Bonchev–Trinajstić information content (AvgIpc) is 2.63. The van der Waals surface area contributed by atoms with E-state index < -0.39 is 11.9 Å². The van der Waals surface area contributed by atoms with Gasteiger partial charge in [-0.2, -0.15) is 0 Å². The van der Waals surface area contributed by atoms with Crippen LogP contribution in [0.5, 0.6) is 0 Å². The fourth-order valence-corrected chi connectivity index (χ4v) is 4.02. The molecule has 3 atom stereocenters. The molecule has 1 aliphatic carbocycles. The van der Waals surface area contributed by atoms with E-state index in [1.165, 1.54) is 5.56 Å². The van der Waals surface area contributed by atoms with E-state index in [2.05, 4.69) is 12.1 Å². The Labute approximate surface area is 155 Å². The number of nitrogens with two attached hydrogens (primary N) is 1. The van der Waals surface area contributed by atoms with Crippen LogP contribution in [-0.4, -0.2) is 28.7 Å². The Morgan fingerprint density at radius 1 is 1.04 bits per heavy atom. The molecular formula is C21H31NO4. The van der Waals surface area contributed by atoms with Gasteiger partial charge >= 0.3 is 11.9 Å². The largest absolute Gasteiger partial charge is 0.481 e. The highest BCUT2D eigenvalue weighted by atomic mass is 16.4. The zero-order valence-corrected chi connectivity index (χ0v) is 15.4. The highest BCUT2D eigenvalue weighted by Gasteiger charge is 2.22. The number of aliphatic carboxylic acids is 2. The summed E-state index contributed by atoms with van der Waals surface area (Å²) in [4.78, 5) is 22.5. The fourth-order valence-electron chi connectivity index (χ4n) is 4.02. The summed E-state index contributed by atoms with van der Waals surface area (Å²) in [6, 6.07) is 8.10. The molecule has 0 amide bonds. The molecule has 0 spiro atoms. The maximum Gasteiger partial charge on any atom is 0.306 e. The lowest BCUT2D eigenvalue weighted by molar-refractivity contribution is -0.142. The third-order valence-electron chi connectivity index (χ3n) is 5.63. The van der Waals surface area contributed by atoms with Crippen LogP contribution >= 0.6 is 0 Å². The maximum absolute atomic E-state index is 11.5. The van der Waals surface area contributed by atoms with Gasteiger partial charge in [0.25, 0.3) is 0 Å². The number of benzene rings is 1. The summed E-state index contributed by atoms with van der Waals surface area (Å²) in [5, 5.41) is 18.5. The molecule has 1 aromatic carbocycles. The second-order valence-electron chi connectivity index (χ2n) is 7.50. The minimum absolute atomic E-state index is 0.0334. The number of carbonyl (C=O) groups is 2. The van der Waals surface area contributed by atoms with Crippen molar-refractivity contribution >= 4 is 11.9 Å². The number of carboxylic acid groups (broad SMARTS) is 2. The first kappa shape index (κ1) is 20.4. The lowest BCUT2D eigenvalue weighted by Crippen LogP contribution is -2.17. The van der Waals surface area contributed by atoms with Crippen LogP contribution in [0.25, 0.3) is 0 Å². The van der Waals surface area contributed by atoms with Gasteiger partial charge in [0.1, 0.15) is 0 Å². The molecule has 1 aromatic rings. The summed E-state index contributed by atoms with van der Waals surface area (Å²) in [5.41, 5.74) is 7.95. The standard InChI is InChI=1S/C21H31NO4/c22-14-19(13-20(23)24)18-9-5-8-17(12-18)15-6-3-1-2-4-7-16(11-10-15)21(25)26/h5,8-9,12,15-16,19H,1-4,6-7,10-11,13-14,22H2,(H,23,24)(H,25,26). The molecule has 1 aliphatic rings. The lowest BCUT2D eigenvalue weighted by Gasteiger charge is -2.23. The number of carboxylic acids is 2. The molecule has 5 heteroatoms. The van der Waals surface area contributed by atoms with Crippen molar-refractivity contribution in [1.29, 1.82) is 0 Å². The first-order valence-corrected chi connectivity index (χ1v) is 9.75. The normalized spacial score (nSPS) is 23.1. The predicted molar refractivity (Wildman–Crippen MR) is 101 cm³/mol. The average molecular weight is 361 g/mol. The molecule has 0 aromatic heterocycles. The van der Waals surface area contributed by atoms with Gasteiger partial charge in [-0.05, 0) is 49.3 Å². The van der Waals surface area contributed by atoms with E-state index in [1.54, 1.807) is 0 Å². The van der Waals surface area contributed by atoms with Crippen molar-refractivity contribution in [3.63, 3.8) is 0 Å². The predicted octanol–water partition coefficient (Wildman–Crippen LogP) is 4.12. The second-order valence-corrected chi connectivity index (χ2v) is 7.50. The molecule has 144 valence electrons. The summed E-state index contributed by atoms with van der Waals surface area (Å²) >= 11 is 0. The molecule has 2 rings (SSSR count). The SMILES string of the molecule is NCC(CC(=O)O)c1cccc(C2CCCCCCC(C(=O)O)CC2)c1. The first-order valence-electron chi connectivity index (χ1n) is 9.75. The summed E-state index contributed by atoms with van der Waals surface area (Å²) in [7, 11) is 0. The molecular weight excluding hydrogens is 330 g/mol. The molecule has 1 fully saturated rings. The molecule has 5 nitrogen and oxygen atoms in total. The van der Waals surface area contributed by atoms with E-state index in [0.29, 0.717) is 18.9 Å². The highest BCUT2D eigenvalue weighted by molar-refractivity contribution is 5.69. The van der Waals surface area contributed by atoms with Crippen molar-refractivity contribution in [2.24, 2.45) is 11.7 Å². The Hall–Kier alpha value is -1.88. The molecule has 0 aliphatic heterocycles. The van der Waals surface area contributed by atoms with E-state index >= 15 is 0 Å². The van der Waals surface area contributed by atoms with Gasteiger partial charge in [-0.1, -0.05) is 49.9 Å². The highest BCUT2D eigenvalue weighted by Crippen LogP contribution is 2.33. The van der Waals surface area contributed by atoms with Gasteiger partial charge in [-0.3, -0.25) is 9.59 Å². The molecule has 1 saturated carbocycles. The fraction of sp³-hybridized carbons (Fsp3) is 0.619. The van der Waals surface area contributed by atoms with Crippen molar-refractivity contribution < 1.29 is 19.8 Å². The molecule has 0 radical (unpaired) electrons. The van der Waals surface area contributed by atoms with Gasteiger partial charge in [-0.25, -0.2) is 0 Å². The Morgan fingerprint density at radius 3 is 2.42 bits per heavy atom. The summed E-state index contributed by atoms with van der Waals surface area (Å²) in [6.45, 7) is 0.307. The minimum atomic E-state index is -0.839. The maximum atomic E-state index is 11.5. The van der Waals surface area contributed by atoms with Crippen LogP contribution in [0.3, 0.4) is 0 Å². The van der Waals surface area contributed by atoms with Gasteiger partial charge in [0, 0.05) is 5.92 Å². The van der Waals surface area contributed by atoms with E-state index in [-0.39, 0.29) is 18.3 Å². The molecule has 0 heterocycles. The topological polar surface area (TPSA) is 101 Å². The molecule has 0 bridgehead atoms. The van der Waals surface area contributed by atoms with Gasteiger partial charge in [0.15, 0.2) is 0 Å². The van der Waals surface area contributed by atoms with E-state index in [9.17, 15) is 14.7 Å². The Bertz CT molecular complexity index is 601. The van der Waals surface area contributed by atoms with Crippen LogP contribution in [0.4, 0.5) is 0 Å².